The maximum absolute atomic E-state index is 4.49. The molecule has 2 N–H and O–H groups in total. The van der Waals surface area contributed by atoms with E-state index in [1.807, 2.05) is 6.07 Å². The van der Waals surface area contributed by atoms with E-state index in [9.17, 15) is 0 Å². The molecule has 0 radical (unpaired) electrons. The van der Waals surface area contributed by atoms with Crippen LogP contribution in [0, 0.1) is 0 Å². The number of rotatable bonds is 3. The minimum Gasteiger partial charge on any atom is -0.352 e. The summed E-state index contributed by atoms with van der Waals surface area (Å²) in [6.45, 7) is 3.65. The molecular weight excluding hydrogens is 212 g/mol. The van der Waals surface area contributed by atoms with E-state index in [4.69, 9.17) is 0 Å². The van der Waals surface area contributed by atoms with Crippen molar-refractivity contribution in [2.24, 2.45) is 9.98 Å². The van der Waals surface area contributed by atoms with E-state index in [0.29, 0.717) is 6.04 Å². The van der Waals surface area contributed by atoms with Crippen LogP contribution in [0.5, 0.6) is 0 Å². The van der Waals surface area contributed by atoms with E-state index in [1.165, 1.54) is 5.56 Å². The number of hydrogen-bond acceptors (Lipinski definition) is 2. The molecule has 0 bridgehead atoms. The first-order chi connectivity index (χ1) is 8.34. The lowest BCUT2D eigenvalue weighted by Crippen LogP contribution is -2.40. The number of benzene rings is 1. The van der Waals surface area contributed by atoms with Gasteiger partial charge in [0.15, 0.2) is 5.96 Å². The van der Waals surface area contributed by atoms with Crippen molar-refractivity contribution in [3.05, 3.63) is 35.9 Å². The van der Waals surface area contributed by atoms with Crippen molar-refractivity contribution >= 4 is 12.3 Å². The zero-order valence-electron chi connectivity index (χ0n) is 10.1. The third kappa shape index (κ3) is 3.90. The van der Waals surface area contributed by atoms with Crippen LogP contribution >= 0.6 is 0 Å². The van der Waals surface area contributed by atoms with Crippen LogP contribution in [-0.2, 0) is 6.42 Å². The van der Waals surface area contributed by atoms with Gasteiger partial charge < -0.3 is 10.6 Å². The van der Waals surface area contributed by atoms with Crippen LogP contribution in [0.1, 0.15) is 12.5 Å². The summed E-state index contributed by atoms with van der Waals surface area (Å²) in [4.78, 5) is 8.68. The van der Waals surface area contributed by atoms with E-state index in [1.54, 1.807) is 6.34 Å². The predicted molar refractivity (Wildman–Crippen MR) is 71.5 cm³/mol. The van der Waals surface area contributed by atoms with Gasteiger partial charge in [0, 0.05) is 12.6 Å². The third-order valence-electron chi connectivity index (χ3n) is 2.57. The summed E-state index contributed by atoms with van der Waals surface area (Å²) >= 11 is 0. The number of guanidine groups is 1. The Morgan fingerprint density at radius 1 is 1.35 bits per heavy atom. The molecule has 17 heavy (non-hydrogen) atoms. The Bertz CT molecular complexity index is 397. The van der Waals surface area contributed by atoms with Gasteiger partial charge in [0.05, 0.1) is 12.9 Å². The Labute approximate surface area is 102 Å². The summed E-state index contributed by atoms with van der Waals surface area (Å²) in [6, 6.07) is 10.7. The van der Waals surface area contributed by atoms with E-state index in [0.717, 1.165) is 25.5 Å². The molecule has 1 unspecified atom stereocenters. The fourth-order valence-electron chi connectivity index (χ4n) is 1.67. The molecule has 1 aliphatic heterocycles. The second-order valence-corrected chi connectivity index (χ2v) is 4.15. The summed E-state index contributed by atoms with van der Waals surface area (Å²) in [5, 5.41) is 6.32. The summed E-state index contributed by atoms with van der Waals surface area (Å²) < 4.78 is 0. The van der Waals surface area contributed by atoms with Gasteiger partial charge in [-0.15, -0.1) is 0 Å². The molecule has 1 aromatic rings. The molecule has 0 spiro atoms. The smallest absolute Gasteiger partial charge is 0.196 e. The minimum atomic E-state index is 0.330. The second-order valence-electron chi connectivity index (χ2n) is 4.15. The Hall–Kier alpha value is -1.84. The van der Waals surface area contributed by atoms with Crippen LogP contribution in [0.25, 0.3) is 0 Å². The lowest BCUT2D eigenvalue weighted by Gasteiger charge is -2.11. The average Bonchev–Trinajstić information content (AvgIpc) is 2.55. The Kier molecular flexibility index (Phi) is 4.13. The standard InChI is InChI=1S/C13H18N4/c1-11-9-14-10-16-13(17-11)15-8-7-12-5-3-2-4-6-12/h2-6,10-11H,7-9H2,1H3,(H2,14,15,16,17). The minimum absolute atomic E-state index is 0.330. The van der Waals surface area contributed by atoms with Gasteiger partial charge in [-0.3, -0.25) is 9.98 Å². The Balaban J connectivity index is 1.86. The van der Waals surface area contributed by atoms with Crippen molar-refractivity contribution in [3.63, 3.8) is 0 Å². The lowest BCUT2D eigenvalue weighted by atomic mass is 10.2. The lowest BCUT2D eigenvalue weighted by molar-refractivity contribution is 0.675. The average molecular weight is 230 g/mol. The predicted octanol–water partition coefficient (Wildman–Crippen LogP) is 1.19. The molecule has 0 aromatic heterocycles. The van der Waals surface area contributed by atoms with Crippen LogP contribution in [0.4, 0.5) is 0 Å². The Morgan fingerprint density at radius 2 is 2.18 bits per heavy atom. The van der Waals surface area contributed by atoms with Gasteiger partial charge in [0.25, 0.3) is 0 Å². The van der Waals surface area contributed by atoms with Gasteiger partial charge in [0.1, 0.15) is 0 Å². The van der Waals surface area contributed by atoms with Gasteiger partial charge in [0.2, 0.25) is 0 Å². The van der Waals surface area contributed by atoms with E-state index in [-0.39, 0.29) is 0 Å². The Morgan fingerprint density at radius 3 is 3.00 bits per heavy atom. The van der Waals surface area contributed by atoms with E-state index >= 15 is 0 Å². The molecule has 1 atom stereocenters. The molecule has 0 aliphatic carbocycles. The summed E-state index contributed by atoms with van der Waals surface area (Å²) in [7, 11) is 0. The van der Waals surface area contributed by atoms with Gasteiger partial charge in [-0.1, -0.05) is 30.3 Å². The molecule has 1 aliphatic rings. The number of aliphatic imine (C=N–C) groups is 2. The maximum Gasteiger partial charge on any atom is 0.196 e. The first-order valence-corrected chi connectivity index (χ1v) is 5.94. The zero-order valence-corrected chi connectivity index (χ0v) is 10.1. The highest BCUT2D eigenvalue weighted by Crippen LogP contribution is 1.99. The van der Waals surface area contributed by atoms with E-state index < -0.39 is 0 Å². The molecule has 4 heteroatoms. The zero-order chi connectivity index (χ0) is 11.9. The van der Waals surface area contributed by atoms with Gasteiger partial charge in [-0.05, 0) is 18.9 Å². The first kappa shape index (κ1) is 11.6. The molecule has 4 nitrogen and oxygen atoms in total. The largest absolute Gasteiger partial charge is 0.352 e. The molecule has 2 rings (SSSR count). The monoisotopic (exact) mass is 230 g/mol. The topological polar surface area (TPSA) is 48.8 Å². The molecular formula is C13H18N4. The molecule has 0 fully saturated rings. The number of hydrogen-bond donors (Lipinski definition) is 2. The molecule has 1 aromatic carbocycles. The van der Waals surface area contributed by atoms with Crippen LogP contribution in [0.3, 0.4) is 0 Å². The highest BCUT2D eigenvalue weighted by atomic mass is 15.2. The van der Waals surface area contributed by atoms with Crippen molar-refractivity contribution in [1.82, 2.24) is 10.6 Å². The number of nitrogens with one attached hydrogen (secondary N) is 2. The van der Waals surface area contributed by atoms with Crippen molar-refractivity contribution in [2.45, 2.75) is 19.4 Å². The van der Waals surface area contributed by atoms with Crippen molar-refractivity contribution in [1.29, 1.82) is 0 Å². The summed E-state index contributed by atoms with van der Waals surface area (Å²) in [6.07, 6.45) is 2.66. The molecule has 90 valence electrons. The normalized spacial score (nSPS) is 21.7. The maximum atomic E-state index is 4.49. The number of nitrogens with zero attached hydrogens (tertiary/aromatic N) is 2. The third-order valence-corrected chi connectivity index (χ3v) is 2.57. The van der Waals surface area contributed by atoms with Crippen LogP contribution < -0.4 is 10.6 Å². The van der Waals surface area contributed by atoms with Gasteiger partial charge in [-0.25, -0.2) is 0 Å². The summed E-state index contributed by atoms with van der Waals surface area (Å²) in [5.74, 6) is 0.815. The highest BCUT2D eigenvalue weighted by molar-refractivity contribution is 5.90. The van der Waals surface area contributed by atoms with Crippen LogP contribution in [0.2, 0.25) is 0 Å². The second kappa shape index (κ2) is 6.03. The SMILES string of the molecule is CC1CN=CNC(=NCCc2ccccc2)N1. The molecule has 0 saturated heterocycles. The van der Waals surface area contributed by atoms with Crippen molar-refractivity contribution in [2.75, 3.05) is 13.1 Å². The first-order valence-electron chi connectivity index (χ1n) is 5.94. The van der Waals surface area contributed by atoms with Gasteiger partial charge >= 0.3 is 0 Å². The van der Waals surface area contributed by atoms with Crippen molar-refractivity contribution in [3.8, 4) is 0 Å². The fraction of sp³-hybridized carbons (Fsp3) is 0.385. The quantitative estimate of drug-likeness (QED) is 0.819. The van der Waals surface area contributed by atoms with Crippen LogP contribution in [-0.4, -0.2) is 31.4 Å². The highest BCUT2D eigenvalue weighted by Gasteiger charge is 2.06. The summed E-state index contributed by atoms with van der Waals surface area (Å²) in [5.41, 5.74) is 1.31. The molecule has 1 heterocycles. The van der Waals surface area contributed by atoms with Gasteiger partial charge in [-0.2, -0.15) is 0 Å². The molecule has 0 saturated carbocycles. The fourth-order valence-corrected chi connectivity index (χ4v) is 1.67. The van der Waals surface area contributed by atoms with Crippen LogP contribution in [0.15, 0.2) is 40.3 Å². The van der Waals surface area contributed by atoms with Crippen molar-refractivity contribution < 1.29 is 0 Å². The van der Waals surface area contributed by atoms with E-state index in [2.05, 4.69) is 51.8 Å². The molecule has 0 amide bonds.